The minimum atomic E-state index is 0.516. The number of rotatable bonds is 5. The van der Waals surface area contributed by atoms with Crippen molar-refractivity contribution in [1.82, 2.24) is 0 Å². The number of hydrogen-bond acceptors (Lipinski definition) is 3. The van der Waals surface area contributed by atoms with Crippen LogP contribution in [0.4, 0.5) is 5.69 Å². The molecule has 0 atom stereocenters. The van der Waals surface area contributed by atoms with Crippen molar-refractivity contribution in [3.8, 4) is 11.5 Å². The first-order valence-corrected chi connectivity index (χ1v) is 7.69. The van der Waals surface area contributed by atoms with Crippen molar-refractivity contribution < 1.29 is 9.47 Å². The van der Waals surface area contributed by atoms with Gasteiger partial charge in [0, 0.05) is 16.7 Å². The van der Waals surface area contributed by atoms with E-state index in [1.165, 1.54) is 0 Å². The van der Waals surface area contributed by atoms with Crippen LogP contribution in [0, 0.1) is 0 Å². The predicted molar refractivity (Wildman–Crippen MR) is 91.0 cm³/mol. The number of nitrogens with one attached hydrogen (secondary N) is 1. The molecule has 112 valence electrons. The van der Waals surface area contributed by atoms with Crippen LogP contribution in [-0.2, 0) is 6.54 Å². The van der Waals surface area contributed by atoms with Crippen LogP contribution >= 0.6 is 39.1 Å². The van der Waals surface area contributed by atoms with Crippen LogP contribution in [-0.4, -0.2) is 14.2 Å². The molecule has 1 N–H and O–H groups in total. The highest BCUT2D eigenvalue weighted by atomic mass is 79.9. The van der Waals surface area contributed by atoms with E-state index in [9.17, 15) is 0 Å². The molecule has 0 saturated carbocycles. The molecule has 3 nitrogen and oxygen atoms in total. The fourth-order valence-corrected chi connectivity index (χ4v) is 2.62. The van der Waals surface area contributed by atoms with Gasteiger partial charge in [0.15, 0.2) is 11.5 Å². The molecule has 0 unspecified atom stereocenters. The Balaban J connectivity index is 2.16. The monoisotopic (exact) mass is 389 g/mol. The molecule has 2 aromatic carbocycles. The fraction of sp³-hybridized carbons (Fsp3) is 0.200. The van der Waals surface area contributed by atoms with Gasteiger partial charge in [-0.2, -0.15) is 0 Å². The lowest BCUT2D eigenvalue weighted by molar-refractivity contribution is 0.355. The summed E-state index contributed by atoms with van der Waals surface area (Å²) in [7, 11) is 3.14. The molecule has 0 fully saturated rings. The van der Waals surface area contributed by atoms with E-state index in [4.69, 9.17) is 32.7 Å². The molecule has 0 heterocycles. The standard InChI is InChI=1S/C15H14BrCl2NO2/c1-20-14-6-9(5-13(18)15(14)21-2)8-19-10-3-4-11(16)12(17)7-10/h3-7,19H,8H2,1-2H3. The Morgan fingerprint density at radius 3 is 2.43 bits per heavy atom. The summed E-state index contributed by atoms with van der Waals surface area (Å²) in [5.74, 6) is 1.14. The molecular weight excluding hydrogens is 377 g/mol. The summed E-state index contributed by atoms with van der Waals surface area (Å²) in [5, 5.41) is 4.46. The van der Waals surface area contributed by atoms with Gasteiger partial charge in [0.1, 0.15) is 0 Å². The summed E-state index contributed by atoms with van der Waals surface area (Å²) in [5.41, 5.74) is 1.91. The van der Waals surface area contributed by atoms with E-state index in [1.807, 2.05) is 30.3 Å². The third-order valence-electron chi connectivity index (χ3n) is 2.91. The normalized spacial score (nSPS) is 10.3. The molecule has 0 amide bonds. The average molecular weight is 391 g/mol. The summed E-state index contributed by atoms with van der Waals surface area (Å²) in [4.78, 5) is 0. The highest BCUT2D eigenvalue weighted by molar-refractivity contribution is 9.10. The van der Waals surface area contributed by atoms with Crippen LogP contribution in [0.1, 0.15) is 5.56 Å². The number of methoxy groups -OCH3 is 2. The number of ether oxygens (including phenoxy) is 2. The fourth-order valence-electron chi connectivity index (χ4n) is 1.88. The number of benzene rings is 2. The Bertz CT molecular complexity index is 650. The van der Waals surface area contributed by atoms with Gasteiger partial charge in [-0.25, -0.2) is 0 Å². The first-order valence-electron chi connectivity index (χ1n) is 6.14. The van der Waals surface area contributed by atoms with Gasteiger partial charge >= 0.3 is 0 Å². The Labute approximate surface area is 142 Å². The van der Waals surface area contributed by atoms with Crippen molar-refractivity contribution in [2.24, 2.45) is 0 Å². The van der Waals surface area contributed by atoms with Gasteiger partial charge in [0.05, 0.1) is 24.3 Å². The molecule has 21 heavy (non-hydrogen) atoms. The van der Waals surface area contributed by atoms with Crippen LogP contribution < -0.4 is 14.8 Å². The molecule has 0 radical (unpaired) electrons. The molecule has 0 spiro atoms. The van der Waals surface area contributed by atoms with Gasteiger partial charge < -0.3 is 14.8 Å². The maximum atomic E-state index is 6.18. The van der Waals surface area contributed by atoms with E-state index in [1.54, 1.807) is 14.2 Å². The summed E-state index contributed by atoms with van der Waals surface area (Å²) in [6, 6.07) is 9.42. The van der Waals surface area contributed by atoms with Gasteiger partial charge in [-0.1, -0.05) is 23.2 Å². The van der Waals surface area contributed by atoms with Crippen molar-refractivity contribution in [3.63, 3.8) is 0 Å². The highest BCUT2D eigenvalue weighted by Gasteiger charge is 2.10. The molecule has 6 heteroatoms. The summed E-state index contributed by atoms with van der Waals surface area (Å²) in [6.45, 7) is 0.595. The largest absolute Gasteiger partial charge is 0.493 e. The number of halogens is 3. The summed E-state index contributed by atoms with van der Waals surface area (Å²) < 4.78 is 11.4. The van der Waals surface area contributed by atoms with E-state index in [0.717, 1.165) is 15.7 Å². The average Bonchev–Trinajstić information content (AvgIpc) is 2.47. The second-order valence-corrected chi connectivity index (χ2v) is 5.96. The molecule has 0 bridgehead atoms. The maximum Gasteiger partial charge on any atom is 0.179 e. The van der Waals surface area contributed by atoms with Gasteiger partial charge in [-0.3, -0.25) is 0 Å². The SMILES string of the molecule is COc1cc(CNc2ccc(Br)c(Cl)c2)cc(Cl)c1OC. The zero-order valence-corrected chi connectivity index (χ0v) is 14.6. The van der Waals surface area contributed by atoms with Gasteiger partial charge in [-0.15, -0.1) is 0 Å². The van der Waals surface area contributed by atoms with Gasteiger partial charge in [0.25, 0.3) is 0 Å². The number of anilines is 1. The minimum Gasteiger partial charge on any atom is -0.493 e. The molecule has 0 aromatic heterocycles. The van der Waals surface area contributed by atoms with Gasteiger partial charge in [0.2, 0.25) is 0 Å². The first kappa shape index (κ1) is 16.3. The van der Waals surface area contributed by atoms with Crippen LogP contribution in [0.15, 0.2) is 34.8 Å². The molecule has 0 aliphatic rings. The van der Waals surface area contributed by atoms with Gasteiger partial charge in [-0.05, 0) is 51.8 Å². The molecular formula is C15H14BrCl2NO2. The molecule has 0 aliphatic heterocycles. The zero-order chi connectivity index (χ0) is 15.4. The Hall–Kier alpha value is -1.10. The third kappa shape index (κ3) is 3.96. The molecule has 2 aromatic rings. The minimum absolute atomic E-state index is 0.516. The topological polar surface area (TPSA) is 30.5 Å². The Kier molecular flexibility index (Phi) is 5.62. The lowest BCUT2D eigenvalue weighted by Crippen LogP contribution is -2.01. The van der Waals surface area contributed by atoms with Crippen LogP contribution in [0.2, 0.25) is 10.0 Å². The predicted octanol–water partition coefficient (Wildman–Crippen LogP) is 5.39. The van der Waals surface area contributed by atoms with Crippen molar-refractivity contribution in [3.05, 3.63) is 50.4 Å². The van der Waals surface area contributed by atoms with Crippen molar-refractivity contribution in [1.29, 1.82) is 0 Å². The van der Waals surface area contributed by atoms with Crippen molar-refractivity contribution >= 4 is 44.8 Å². The molecule has 2 rings (SSSR count). The van der Waals surface area contributed by atoms with E-state index in [2.05, 4.69) is 21.2 Å². The zero-order valence-electron chi connectivity index (χ0n) is 11.5. The summed E-state index contributed by atoms with van der Waals surface area (Å²) in [6.07, 6.45) is 0. The Morgan fingerprint density at radius 2 is 1.81 bits per heavy atom. The lowest BCUT2D eigenvalue weighted by atomic mass is 10.2. The van der Waals surface area contributed by atoms with Crippen molar-refractivity contribution in [2.75, 3.05) is 19.5 Å². The lowest BCUT2D eigenvalue weighted by Gasteiger charge is -2.13. The summed E-state index contributed by atoms with van der Waals surface area (Å²) >= 11 is 15.6. The highest BCUT2D eigenvalue weighted by Crippen LogP contribution is 2.36. The van der Waals surface area contributed by atoms with Crippen LogP contribution in [0.25, 0.3) is 0 Å². The first-order chi connectivity index (χ1) is 10.0. The van der Waals surface area contributed by atoms with Crippen LogP contribution in [0.3, 0.4) is 0 Å². The van der Waals surface area contributed by atoms with E-state index in [0.29, 0.717) is 28.1 Å². The second-order valence-electron chi connectivity index (χ2n) is 4.30. The van der Waals surface area contributed by atoms with Crippen LogP contribution in [0.5, 0.6) is 11.5 Å². The quantitative estimate of drug-likeness (QED) is 0.742. The molecule has 0 aliphatic carbocycles. The van der Waals surface area contributed by atoms with E-state index < -0.39 is 0 Å². The number of hydrogen-bond donors (Lipinski definition) is 1. The maximum absolute atomic E-state index is 6.18. The third-order valence-corrected chi connectivity index (χ3v) is 4.42. The molecule has 0 saturated heterocycles. The Morgan fingerprint density at radius 1 is 1.05 bits per heavy atom. The second kappa shape index (κ2) is 7.25. The van der Waals surface area contributed by atoms with E-state index in [-0.39, 0.29) is 0 Å². The smallest absolute Gasteiger partial charge is 0.179 e. The van der Waals surface area contributed by atoms with Crippen molar-refractivity contribution in [2.45, 2.75) is 6.54 Å². The van der Waals surface area contributed by atoms with E-state index >= 15 is 0 Å².